The fourth-order valence-corrected chi connectivity index (χ4v) is 3.02. The lowest BCUT2D eigenvalue weighted by Gasteiger charge is -2.34. The maximum atomic E-state index is 12.7. The van der Waals surface area contributed by atoms with Gasteiger partial charge in [0, 0.05) is 13.0 Å². The van der Waals surface area contributed by atoms with Crippen molar-refractivity contribution in [2.45, 2.75) is 57.0 Å². The van der Waals surface area contributed by atoms with Gasteiger partial charge in [-0.3, -0.25) is 9.59 Å². The van der Waals surface area contributed by atoms with Gasteiger partial charge < -0.3 is 10.2 Å². The summed E-state index contributed by atoms with van der Waals surface area (Å²) in [6.45, 7) is 2.41. The summed E-state index contributed by atoms with van der Waals surface area (Å²) in [5, 5.41) is 2.94. The molecule has 1 spiro atoms. The van der Waals surface area contributed by atoms with E-state index in [9.17, 15) is 9.59 Å². The SMILES string of the molecule is C#CC(CC)N1CCC(=O)NC2(CCCC2)C1=O. The zero-order valence-corrected chi connectivity index (χ0v) is 10.9. The molecule has 0 aromatic carbocycles. The molecule has 18 heavy (non-hydrogen) atoms. The fraction of sp³-hybridized carbons (Fsp3) is 0.714. The average molecular weight is 248 g/mol. The van der Waals surface area contributed by atoms with Crippen LogP contribution in [-0.2, 0) is 9.59 Å². The molecule has 0 radical (unpaired) electrons. The highest BCUT2D eigenvalue weighted by atomic mass is 16.2. The molecule has 1 aliphatic carbocycles. The quantitative estimate of drug-likeness (QED) is 0.743. The molecule has 2 rings (SSSR count). The molecule has 1 atom stereocenters. The number of terminal acetylenes is 1. The van der Waals surface area contributed by atoms with E-state index in [1.165, 1.54) is 0 Å². The molecule has 1 unspecified atom stereocenters. The Balaban J connectivity index is 2.29. The summed E-state index contributed by atoms with van der Waals surface area (Å²) in [6.07, 6.45) is 10.1. The van der Waals surface area contributed by atoms with Crippen LogP contribution in [0.5, 0.6) is 0 Å². The van der Waals surface area contributed by atoms with Gasteiger partial charge in [0.2, 0.25) is 11.8 Å². The number of carbonyl (C=O) groups is 2. The Morgan fingerprint density at radius 3 is 2.67 bits per heavy atom. The molecule has 98 valence electrons. The van der Waals surface area contributed by atoms with Gasteiger partial charge >= 0.3 is 0 Å². The van der Waals surface area contributed by atoms with Crippen molar-refractivity contribution in [2.75, 3.05) is 6.54 Å². The van der Waals surface area contributed by atoms with E-state index in [1.54, 1.807) is 4.90 Å². The number of hydrogen-bond acceptors (Lipinski definition) is 2. The summed E-state index contributed by atoms with van der Waals surface area (Å²) in [6, 6.07) is -0.192. The summed E-state index contributed by atoms with van der Waals surface area (Å²) in [4.78, 5) is 26.2. The molecule has 1 aliphatic heterocycles. The molecule has 1 heterocycles. The van der Waals surface area contributed by atoms with Gasteiger partial charge in [0.25, 0.3) is 0 Å². The van der Waals surface area contributed by atoms with E-state index < -0.39 is 5.54 Å². The van der Waals surface area contributed by atoms with Crippen molar-refractivity contribution in [3.8, 4) is 12.3 Å². The Morgan fingerprint density at radius 2 is 2.11 bits per heavy atom. The molecule has 2 amide bonds. The molecule has 2 fully saturated rings. The van der Waals surface area contributed by atoms with Gasteiger partial charge in [0.05, 0.1) is 6.04 Å². The van der Waals surface area contributed by atoms with Crippen LogP contribution in [0.4, 0.5) is 0 Å². The third kappa shape index (κ3) is 2.10. The number of carbonyl (C=O) groups excluding carboxylic acids is 2. The standard InChI is InChI=1S/C14H20N2O2/c1-3-11(4-2)16-10-7-12(17)15-14(13(16)18)8-5-6-9-14/h1,11H,4-10H2,2H3,(H,15,17). The first-order chi connectivity index (χ1) is 8.63. The number of nitrogens with zero attached hydrogens (tertiary/aromatic N) is 1. The van der Waals surface area contributed by atoms with E-state index >= 15 is 0 Å². The summed E-state index contributed by atoms with van der Waals surface area (Å²) in [5.41, 5.74) is -0.669. The highest BCUT2D eigenvalue weighted by Crippen LogP contribution is 2.33. The summed E-state index contributed by atoms with van der Waals surface area (Å²) in [7, 11) is 0. The molecular formula is C14H20N2O2. The molecule has 0 aromatic rings. The predicted molar refractivity (Wildman–Crippen MR) is 68.6 cm³/mol. The van der Waals surface area contributed by atoms with Gasteiger partial charge in [-0.05, 0) is 19.3 Å². The maximum Gasteiger partial charge on any atom is 0.249 e. The zero-order chi connectivity index (χ0) is 13.2. The van der Waals surface area contributed by atoms with Gasteiger partial charge in [-0.25, -0.2) is 0 Å². The number of nitrogens with one attached hydrogen (secondary N) is 1. The number of amides is 2. The Hall–Kier alpha value is -1.50. The van der Waals surface area contributed by atoms with E-state index in [0.29, 0.717) is 13.0 Å². The van der Waals surface area contributed by atoms with Gasteiger partial charge in [-0.15, -0.1) is 6.42 Å². The molecule has 2 aliphatic rings. The maximum absolute atomic E-state index is 12.7. The van der Waals surface area contributed by atoms with Gasteiger partial charge in [-0.1, -0.05) is 25.7 Å². The van der Waals surface area contributed by atoms with E-state index in [-0.39, 0.29) is 17.9 Å². The fourth-order valence-electron chi connectivity index (χ4n) is 3.02. The lowest BCUT2D eigenvalue weighted by atomic mass is 9.95. The third-order valence-electron chi connectivity index (χ3n) is 4.04. The minimum Gasteiger partial charge on any atom is -0.342 e. The lowest BCUT2D eigenvalue weighted by molar-refractivity contribution is -0.139. The molecule has 1 N–H and O–H groups in total. The van der Waals surface area contributed by atoms with Crippen LogP contribution in [0.3, 0.4) is 0 Å². The molecule has 4 heteroatoms. The number of hydrogen-bond donors (Lipinski definition) is 1. The van der Waals surface area contributed by atoms with Crippen LogP contribution in [0.2, 0.25) is 0 Å². The normalized spacial score (nSPS) is 24.6. The van der Waals surface area contributed by atoms with Gasteiger partial charge in [0.1, 0.15) is 5.54 Å². The first-order valence-corrected chi connectivity index (χ1v) is 6.71. The molecule has 0 bridgehead atoms. The second-order valence-electron chi connectivity index (χ2n) is 5.18. The molecule has 1 saturated carbocycles. The predicted octanol–water partition coefficient (Wildman–Crippen LogP) is 1.06. The molecule has 0 aromatic heterocycles. The van der Waals surface area contributed by atoms with E-state index in [0.717, 1.165) is 32.1 Å². The van der Waals surface area contributed by atoms with E-state index in [1.807, 2.05) is 6.92 Å². The summed E-state index contributed by atoms with van der Waals surface area (Å²) < 4.78 is 0. The van der Waals surface area contributed by atoms with Gasteiger partial charge in [0.15, 0.2) is 0 Å². The zero-order valence-electron chi connectivity index (χ0n) is 10.9. The summed E-state index contributed by atoms with van der Waals surface area (Å²) >= 11 is 0. The van der Waals surface area contributed by atoms with Crippen LogP contribution in [0.15, 0.2) is 0 Å². The topological polar surface area (TPSA) is 49.4 Å². The van der Waals surface area contributed by atoms with Crippen LogP contribution < -0.4 is 5.32 Å². The second kappa shape index (κ2) is 5.01. The van der Waals surface area contributed by atoms with Crippen molar-refractivity contribution in [3.63, 3.8) is 0 Å². The van der Waals surface area contributed by atoms with E-state index in [4.69, 9.17) is 6.42 Å². The monoisotopic (exact) mass is 248 g/mol. The first kappa shape index (κ1) is 12.9. The van der Waals surface area contributed by atoms with Crippen LogP contribution >= 0.6 is 0 Å². The van der Waals surface area contributed by atoms with Gasteiger partial charge in [-0.2, -0.15) is 0 Å². The minimum absolute atomic E-state index is 0.0238. The average Bonchev–Trinajstić information content (AvgIpc) is 2.78. The van der Waals surface area contributed by atoms with Crippen LogP contribution in [0.1, 0.15) is 45.4 Å². The Bertz CT molecular complexity index is 391. The molecule has 1 saturated heterocycles. The van der Waals surface area contributed by atoms with Crippen molar-refractivity contribution in [3.05, 3.63) is 0 Å². The highest BCUT2D eigenvalue weighted by Gasteiger charge is 2.47. The first-order valence-electron chi connectivity index (χ1n) is 6.71. The Labute approximate surface area is 108 Å². The minimum atomic E-state index is -0.669. The smallest absolute Gasteiger partial charge is 0.249 e. The van der Waals surface area contributed by atoms with Crippen molar-refractivity contribution in [1.82, 2.24) is 10.2 Å². The van der Waals surface area contributed by atoms with Crippen molar-refractivity contribution in [1.29, 1.82) is 0 Å². The lowest BCUT2D eigenvalue weighted by Crippen LogP contribution is -2.57. The third-order valence-corrected chi connectivity index (χ3v) is 4.04. The Kier molecular flexibility index (Phi) is 3.60. The van der Waals surface area contributed by atoms with Crippen molar-refractivity contribution < 1.29 is 9.59 Å². The van der Waals surface area contributed by atoms with Crippen LogP contribution in [0.25, 0.3) is 0 Å². The number of rotatable bonds is 2. The largest absolute Gasteiger partial charge is 0.342 e. The van der Waals surface area contributed by atoms with Crippen LogP contribution in [-0.4, -0.2) is 34.8 Å². The van der Waals surface area contributed by atoms with Crippen molar-refractivity contribution >= 4 is 11.8 Å². The van der Waals surface area contributed by atoms with E-state index in [2.05, 4.69) is 11.2 Å². The van der Waals surface area contributed by atoms with Crippen LogP contribution in [0, 0.1) is 12.3 Å². The second-order valence-corrected chi connectivity index (χ2v) is 5.18. The summed E-state index contributed by atoms with van der Waals surface area (Å²) in [5.74, 6) is 2.66. The Morgan fingerprint density at radius 1 is 1.44 bits per heavy atom. The molecular weight excluding hydrogens is 228 g/mol. The highest BCUT2D eigenvalue weighted by molar-refractivity contribution is 5.94. The van der Waals surface area contributed by atoms with Crippen molar-refractivity contribution in [2.24, 2.45) is 0 Å². The molecule has 4 nitrogen and oxygen atoms in total.